The maximum atomic E-state index is 3.63. The summed E-state index contributed by atoms with van der Waals surface area (Å²) < 4.78 is 2.20. The third kappa shape index (κ3) is 3.10. The van der Waals surface area contributed by atoms with Crippen molar-refractivity contribution in [2.45, 2.75) is 18.3 Å². The highest BCUT2D eigenvalue weighted by molar-refractivity contribution is 9.10. The second kappa shape index (κ2) is 7.59. The average Bonchev–Trinajstić information content (AvgIpc) is 2.91. The molecule has 0 saturated carbocycles. The van der Waals surface area contributed by atoms with Crippen molar-refractivity contribution in [3.8, 4) is 0 Å². The smallest absolute Gasteiger partial charge is 0.0620 e. The molecule has 0 nitrogen and oxygen atoms in total. The monoisotopic (exact) mass is 502 g/mol. The average molecular weight is 504 g/mol. The van der Waals surface area contributed by atoms with Gasteiger partial charge in [0.1, 0.15) is 0 Å². The van der Waals surface area contributed by atoms with Gasteiger partial charge in [-0.05, 0) is 70.5 Å². The number of halogens is 2. The molecule has 0 atom stereocenters. The summed E-state index contributed by atoms with van der Waals surface area (Å²) in [6.07, 6.45) is 2.12. The molecule has 1 aliphatic rings. The summed E-state index contributed by atoms with van der Waals surface area (Å²) in [5.74, 6) is 0. The molecule has 0 aromatic heterocycles. The van der Waals surface area contributed by atoms with Crippen molar-refractivity contribution in [1.29, 1.82) is 0 Å². The van der Waals surface area contributed by atoms with E-state index in [9.17, 15) is 0 Å². The Labute approximate surface area is 188 Å². The third-order valence-electron chi connectivity index (χ3n) is 6.06. The highest BCUT2D eigenvalue weighted by Crippen LogP contribution is 2.49. The van der Waals surface area contributed by atoms with Crippen LogP contribution in [0, 0.1) is 0 Å². The minimum atomic E-state index is -0.342. The van der Waals surface area contributed by atoms with Crippen molar-refractivity contribution in [3.63, 3.8) is 0 Å². The van der Waals surface area contributed by atoms with Crippen LogP contribution < -0.4 is 0 Å². The fourth-order valence-corrected chi connectivity index (χ4v) is 5.34. The van der Waals surface area contributed by atoms with Crippen molar-refractivity contribution in [3.05, 3.63) is 139 Å². The van der Waals surface area contributed by atoms with E-state index < -0.39 is 0 Å². The van der Waals surface area contributed by atoms with Crippen LogP contribution in [0.25, 0.3) is 0 Å². The van der Waals surface area contributed by atoms with E-state index in [0.717, 1.165) is 21.8 Å². The van der Waals surface area contributed by atoms with E-state index in [1.54, 1.807) is 0 Å². The van der Waals surface area contributed by atoms with E-state index in [-0.39, 0.29) is 5.41 Å². The van der Waals surface area contributed by atoms with Crippen LogP contribution in [-0.2, 0) is 18.3 Å². The van der Waals surface area contributed by atoms with Gasteiger partial charge in [-0.3, -0.25) is 0 Å². The number of fused-ring (bicyclic) bond motifs is 2. The third-order valence-corrected chi connectivity index (χ3v) is 7.12. The van der Waals surface area contributed by atoms with Crippen LogP contribution in [-0.4, -0.2) is 0 Å². The fraction of sp³-hybridized carbons (Fsp3) is 0.111. The zero-order valence-electron chi connectivity index (χ0n) is 15.9. The summed E-state index contributed by atoms with van der Waals surface area (Å²) in [6, 6.07) is 35.6. The molecule has 142 valence electrons. The van der Waals surface area contributed by atoms with Crippen LogP contribution >= 0.6 is 31.9 Å². The molecular formula is C27H20Br2. The normalized spacial score (nSPS) is 14.6. The zero-order chi connectivity index (χ0) is 19.8. The van der Waals surface area contributed by atoms with Gasteiger partial charge in [-0.1, -0.05) is 105 Å². The lowest BCUT2D eigenvalue weighted by Crippen LogP contribution is -2.32. The van der Waals surface area contributed by atoms with E-state index in [1.165, 1.54) is 33.4 Å². The molecule has 0 fully saturated rings. The number of benzene rings is 4. The maximum Gasteiger partial charge on any atom is 0.0706 e. The predicted molar refractivity (Wildman–Crippen MR) is 128 cm³/mol. The highest BCUT2D eigenvalue weighted by Gasteiger charge is 2.42. The molecule has 29 heavy (non-hydrogen) atoms. The Kier molecular flexibility index (Phi) is 4.93. The topological polar surface area (TPSA) is 0 Å². The lowest BCUT2D eigenvalue weighted by atomic mass is 9.64. The van der Waals surface area contributed by atoms with Gasteiger partial charge in [0.25, 0.3) is 0 Å². The van der Waals surface area contributed by atoms with Crippen molar-refractivity contribution in [1.82, 2.24) is 0 Å². The van der Waals surface area contributed by atoms with Crippen LogP contribution in [0.5, 0.6) is 0 Å². The minimum Gasteiger partial charge on any atom is -0.0620 e. The Balaban J connectivity index is 1.96. The fourth-order valence-electron chi connectivity index (χ4n) is 4.81. The summed E-state index contributed by atoms with van der Waals surface area (Å²) >= 11 is 7.25. The molecule has 0 N–H and O–H groups in total. The first kappa shape index (κ1) is 18.8. The van der Waals surface area contributed by atoms with Crippen molar-refractivity contribution < 1.29 is 0 Å². The van der Waals surface area contributed by atoms with Crippen molar-refractivity contribution in [2.24, 2.45) is 0 Å². The Morgan fingerprint density at radius 3 is 1.28 bits per heavy atom. The van der Waals surface area contributed by atoms with Gasteiger partial charge in [-0.25, -0.2) is 0 Å². The van der Waals surface area contributed by atoms with Crippen LogP contribution in [0.1, 0.15) is 33.4 Å². The molecule has 0 amide bonds. The Hall–Kier alpha value is -2.16. The first-order chi connectivity index (χ1) is 14.2. The van der Waals surface area contributed by atoms with E-state index in [0.29, 0.717) is 0 Å². The SMILES string of the molecule is Brc1ccc(C2(c3ccc(Br)cc3)c3ccccc3CCc3ccccc32)cc1. The van der Waals surface area contributed by atoms with E-state index in [4.69, 9.17) is 0 Å². The van der Waals surface area contributed by atoms with Crippen LogP contribution in [0.2, 0.25) is 0 Å². The lowest BCUT2D eigenvalue weighted by Gasteiger charge is -2.38. The first-order valence-corrected chi connectivity index (χ1v) is 11.5. The molecular weight excluding hydrogens is 484 g/mol. The molecule has 1 aliphatic carbocycles. The summed E-state index contributed by atoms with van der Waals surface area (Å²) in [5, 5.41) is 0. The molecule has 2 heteroatoms. The van der Waals surface area contributed by atoms with E-state index in [1.807, 2.05) is 0 Å². The Bertz CT molecular complexity index is 1060. The zero-order valence-corrected chi connectivity index (χ0v) is 19.1. The van der Waals surface area contributed by atoms with Crippen molar-refractivity contribution >= 4 is 31.9 Å². The second-order valence-electron chi connectivity index (χ2n) is 7.58. The van der Waals surface area contributed by atoms with Gasteiger partial charge in [0.2, 0.25) is 0 Å². The van der Waals surface area contributed by atoms with Crippen LogP contribution in [0.4, 0.5) is 0 Å². The number of hydrogen-bond donors (Lipinski definition) is 0. The van der Waals surface area contributed by atoms with Gasteiger partial charge in [0.15, 0.2) is 0 Å². The van der Waals surface area contributed by atoms with Gasteiger partial charge in [0, 0.05) is 8.95 Å². The molecule has 4 aromatic carbocycles. The molecule has 0 bridgehead atoms. The van der Waals surface area contributed by atoms with Gasteiger partial charge in [0.05, 0.1) is 5.41 Å². The summed E-state index contributed by atoms with van der Waals surface area (Å²) in [5.41, 5.74) is 7.87. The maximum absolute atomic E-state index is 3.63. The summed E-state index contributed by atoms with van der Waals surface area (Å²) in [4.78, 5) is 0. The second-order valence-corrected chi connectivity index (χ2v) is 9.41. The first-order valence-electron chi connectivity index (χ1n) is 9.88. The molecule has 0 heterocycles. The van der Waals surface area contributed by atoms with E-state index >= 15 is 0 Å². The predicted octanol–water partition coefficient (Wildman–Crippen LogP) is 7.69. The highest BCUT2D eigenvalue weighted by atomic mass is 79.9. The molecule has 0 aliphatic heterocycles. The summed E-state index contributed by atoms with van der Waals surface area (Å²) in [6.45, 7) is 0. The Morgan fingerprint density at radius 2 is 0.862 bits per heavy atom. The summed E-state index contributed by atoms with van der Waals surface area (Å²) in [7, 11) is 0. The van der Waals surface area contributed by atoms with Gasteiger partial charge in [-0.2, -0.15) is 0 Å². The number of aryl methyl sites for hydroxylation is 2. The van der Waals surface area contributed by atoms with Gasteiger partial charge >= 0.3 is 0 Å². The largest absolute Gasteiger partial charge is 0.0706 e. The lowest BCUT2D eigenvalue weighted by molar-refractivity contribution is 0.739. The molecule has 0 radical (unpaired) electrons. The molecule has 0 saturated heterocycles. The van der Waals surface area contributed by atoms with Crippen LogP contribution in [0.3, 0.4) is 0 Å². The Morgan fingerprint density at radius 1 is 0.483 bits per heavy atom. The molecule has 0 spiro atoms. The number of hydrogen-bond acceptors (Lipinski definition) is 0. The standard InChI is InChI=1S/C27H20Br2/c28-23-15-11-21(12-16-23)27(22-13-17-24(29)18-14-22)25-7-3-1-5-19(25)9-10-20-6-2-4-8-26(20)27/h1-8,11-18H,9-10H2. The number of rotatable bonds is 2. The molecule has 5 rings (SSSR count). The van der Waals surface area contributed by atoms with Crippen LogP contribution in [0.15, 0.2) is 106 Å². The molecule has 0 unspecified atom stereocenters. The van der Waals surface area contributed by atoms with E-state index in [2.05, 4.69) is 129 Å². The molecule has 4 aromatic rings. The van der Waals surface area contributed by atoms with Gasteiger partial charge in [-0.15, -0.1) is 0 Å². The van der Waals surface area contributed by atoms with Crippen molar-refractivity contribution in [2.75, 3.05) is 0 Å². The van der Waals surface area contributed by atoms with Gasteiger partial charge < -0.3 is 0 Å². The quantitative estimate of drug-likeness (QED) is 0.263. The minimum absolute atomic E-state index is 0.342.